The number of hydrogen-bond acceptors (Lipinski definition) is 3. The van der Waals surface area contributed by atoms with Crippen LogP contribution in [-0.4, -0.2) is 29.7 Å². The maximum absolute atomic E-state index is 10.3. The molecule has 6 heteroatoms. The molecule has 0 aliphatic rings. The molecule has 1 atom stereocenters. The highest BCUT2D eigenvalue weighted by atomic mass is 16.4. The van der Waals surface area contributed by atoms with Crippen molar-refractivity contribution in [3.63, 3.8) is 0 Å². The minimum Gasteiger partial charge on any atom is -0.480 e. The Morgan fingerprint density at radius 1 is 1.55 bits per heavy atom. The minimum absolute atomic E-state index is 0.179. The van der Waals surface area contributed by atoms with Crippen molar-refractivity contribution in [1.29, 1.82) is 0 Å². The molecule has 0 saturated carbocycles. The highest BCUT2D eigenvalue weighted by molar-refractivity contribution is 5.81. The van der Waals surface area contributed by atoms with E-state index < -0.39 is 18.0 Å². The molecule has 1 unspecified atom stereocenters. The van der Waals surface area contributed by atoms with E-state index in [2.05, 4.69) is 0 Å². The van der Waals surface area contributed by atoms with Crippen LogP contribution in [0.2, 0.25) is 0 Å². The number of carboxylic acids is 1. The zero-order valence-electron chi connectivity index (χ0n) is 5.91. The lowest BCUT2D eigenvalue weighted by atomic mass is 10.2. The molecule has 0 radical (unpaired) electrons. The first-order valence-electron chi connectivity index (χ1n) is 3.06. The third-order valence-electron chi connectivity index (χ3n) is 1.07. The largest absolute Gasteiger partial charge is 0.480 e. The maximum Gasteiger partial charge on any atom is 0.326 e. The molecular formula is C5H11N3O3. The van der Waals surface area contributed by atoms with Crippen LogP contribution in [0.1, 0.15) is 6.42 Å². The van der Waals surface area contributed by atoms with Crippen LogP contribution >= 0.6 is 0 Å². The van der Waals surface area contributed by atoms with E-state index in [0.29, 0.717) is 0 Å². The first kappa shape index (κ1) is 9.70. The fraction of sp³-hybridized carbons (Fsp3) is 0.600. The van der Waals surface area contributed by atoms with Gasteiger partial charge in [0.25, 0.3) is 0 Å². The van der Waals surface area contributed by atoms with Gasteiger partial charge in [-0.25, -0.2) is 9.59 Å². The fourth-order valence-corrected chi connectivity index (χ4v) is 0.596. The molecule has 11 heavy (non-hydrogen) atoms. The standard InChI is InChI=1S/C5H11N3O3/c6-2-1-3(4(9)10)8-5(7)11/h3H,1-2,6H2,(H,9,10)(H3,7,8,11). The normalized spacial score (nSPS) is 12.1. The smallest absolute Gasteiger partial charge is 0.326 e. The number of urea groups is 1. The summed E-state index contributed by atoms with van der Waals surface area (Å²) in [6.45, 7) is 0.192. The van der Waals surface area contributed by atoms with Crippen molar-refractivity contribution in [2.75, 3.05) is 6.54 Å². The number of carboxylic acid groups (broad SMARTS) is 1. The second-order valence-corrected chi connectivity index (χ2v) is 1.98. The zero-order valence-corrected chi connectivity index (χ0v) is 5.91. The third kappa shape index (κ3) is 4.15. The molecule has 2 amide bonds. The van der Waals surface area contributed by atoms with E-state index >= 15 is 0 Å². The summed E-state index contributed by atoms with van der Waals surface area (Å²) < 4.78 is 0. The van der Waals surface area contributed by atoms with E-state index in [1.54, 1.807) is 0 Å². The van der Waals surface area contributed by atoms with Crippen LogP contribution in [0.4, 0.5) is 4.79 Å². The van der Waals surface area contributed by atoms with Gasteiger partial charge in [-0.3, -0.25) is 0 Å². The van der Waals surface area contributed by atoms with Crippen molar-refractivity contribution in [1.82, 2.24) is 5.32 Å². The average molecular weight is 161 g/mol. The summed E-state index contributed by atoms with van der Waals surface area (Å²) in [5, 5.41) is 10.5. The molecule has 0 fully saturated rings. The van der Waals surface area contributed by atoms with E-state index in [1.807, 2.05) is 5.32 Å². The monoisotopic (exact) mass is 161 g/mol. The Morgan fingerprint density at radius 2 is 2.09 bits per heavy atom. The Hall–Kier alpha value is -1.30. The summed E-state index contributed by atoms with van der Waals surface area (Å²) in [6.07, 6.45) is 0.179. The van der Waals surface area contributed by atoms with Gasteiger partial charge in [0.05, 0.1) is 0 Å². The molecule has 0 aromatic heterocycles. The van der Waals surface area contributed by atoms with Gasteiger partial charge in [0.1, 0.15) is 6.04 Å². The average Bonchev–Trinajstić information content (AvgIpc) is 1.86. The van der Waals surface area contributed by atoms with E-state index in [4.69, 9.17) is 16.6 Å². The SMILES string of the molecule is NCCC(NC(N)=O)C(=O)O. The minimum atomic E-state index is -1.13. The maximum atomic E-state index is 10.3. The number of carbonyl (C=O) groups excluding carboxylic acids is 1. The molecule has 0 spiro atoms. The summed E-state index contributed by atoms with van der Waals surface area (Å²) >= 11 is 0. The molecule has 0 heterocycles. The first-order valence-corrected chi connectivity index (χ1v) is 3.06. The lowest BCUT2D eigenvalue weighted by Crippen LogP contribution is -2.44. The molecule has 6 N–H and O–H groups in total. The topological polar surface area (TPSA) is 118 Å². The van der Waals surface area contributed by atoms with Gasteiger partial charge >= 0.3 is 12.0 Å². The van der Waals surface area contributed by atoms with E-state index in [9.17, 15) is 9.59 Å². The Bertz CT molecular complexity index is 159. The predicted octanol–water partition coefficient (Wildman–Crippen LogP) is -1.54. The first-order chi connectivity index (χ1) is 5.07. The molecule has 0 aliphatic carbocycles. The van der Waals surface area contributed by atoms with Crippen molar-refractivity contribution < 1.29 is 14.7 Å². The van der Waals surface area contributed by atoms with Crippen LogP contribution in [0.5, 0.6) is 0 Å². The number of nitrogens with two attached hydrogens (primary N) is 2. The highest BCUT2D eigenvalue weighted by Crippen LogP contribution is 1.88. The molecule has 0 aliphatic heterocycles. The number of aliphatic carboxylic acids is 1. The Morgan fingerprint density at radius 3 is 2.36 bits per heavy atom. The van der Waals surface area contributed by atoms with Crippen molar-refractivity contribution in [3.8, 4) is 0 Å². The Balaban J connectivity index is 3.89. The van der Waals surface area contributed by atoms with Gasteiger partial charge in [0.15, 0.2) is 0 Å². The Kier molecular flexibility index (Phi) is 3.97. The third-order valence-corrected chi connectivity index (χ3v) is 1.07. The van der Waals surface area contributed by atoms with E-state index in [1.165, 1.54) is 0 Å². The predicted molar refractivity (Wildman–Crippen MR) is 37.8 cm³/mol. The van der Waals surface area contributed by atoms with Crippen LogP contribution in [-0.2, 0) is 4.79 Å². The summed E-state index contributed by atoms with van der Waals surface area (Å²) in [5.74, 6) is -1.13. The van der Waals surface area contributed by atoms with Crippen LogP contribution in [0, 0.1) is 0 Å². The van der Waals surface area contributed by atoms with Crippen LogP contribution in [0.3, 0.4) is 0 Å². The van der Waals surface area contributed by atoms with Gasteiger partial charge in [-0.2, -0.15) is 0 Å². The van der Waals surface area contributed by atoms with E-state index in [0.717, 1.165) is 0 Å². The number of amides is 2. The molecular weight excluding hydrogens is 150 g/mol. The van der Waals surface area contributed by atoms with Crippen molar-refractivity contribution in [3.05, 3.63) is 0 Å². The number of nitrogens with one attached hydrogen (secondary N) is 1. The lowest BCUT2D eigenvalue weighted by Gasteiger charge is -2.10. The van der Waals surface area contributed by atoms with Crippen LogP contribution in [0.15, 0.2) is 0 Å². The second-order valence-electron chi connectivity index (χ2n) is 1.98. The number of hydrogen-bond donors (Lipinski definition) is 4. The van der Waals surface area contributed by atoms with Gasteiger partial charge in [-0.15, -0.1) is 0 Å². The summed E-state index contributed by atoms with van der Waals surface area (Å²) in [4.78, 5) is 20.5. The summed E-state index contributed by atoms with van der Waals surface area (Å²) in [5.41, 5.74) is 9.79. The van der Waals surface area contributed by atoms with Crippen LogP contribution < -0.4 is 16.8 Å². The molecule has 0 bridgehead atoms. The summed E-state index contributed by atoms with van der Waals surface area (Å²) in [6, 6.07) is -1.83. The van der Waals surface area contributed by atoms with Crippen LogP contribution in [0.25, 0.3) is 0 Å². The highest BCUT2D eigenvalue weighted by Gasteiger charge is 2.16. The number of rotatable bonds is 4. The molecule has 0 aromatic rings. The molecule has 0 rings (SSSR count). The molecule has 0 aromatic carbocycles. The molecule has 0 saturated heterocycles. The zero-order chi connectivity index (χ0) is 8.85. The number of carbonyl (C=O) groups is 2. The van der Waals surface area contributed by atoms with Gasteiger partial charge in [0, 0.05) is 0 Å². The molecule has 6 nitrogen and oxygen atoms in total. The van der Waals surface area contributed by atoms with E-state index in [-0.39, 0.29) is 13.0 Å². The lowest BCUT2D eigenvalue weighted by molar-refractivity contribution is -0.139. The Labute approximate surface area is 63.5 Å². The van der Waals surface area contributed by atoms with Gasteiger partial charge in [-0.05, 0) is 13.0 Å². The van der Waals surface area contributed by atoms with Crippen molar-refractivity contribution in [2.45, 2.75) is 12.5 Å². The van der Waals surface area contributed by atoms with Crippen molar-refractivity contribution >= 4 is 12.0 Å². The quantitative estimate of drug-likeness (QED) is 0.399. The van der Waals surface area contributed by atoms with Gasteiger partial charge < -0.3 is 21.9 Å². The van der Waals surface area contributed by atoms with Gasteiger partial charge in [-0.1, -0.05) is 0 Å². The number of primary amides is 1. The summed E-state index contributed by atoms with van der Waals surface area (Å²) in [7, 11) is 0. The van der Waals surface area contributed by atoms with Crippen molar-refractivity contribution in [2.24, 2.45) is 11.5 Å². The second kappa shape index (κ2) is 4.51. The van der Waals surface area contributed by atoms with Gasteiger partial charge in [0.2, 0.25) is 0 Å². The molecule has 64 valence electrons. The fourth-order valence-electron chi connectivity index (χ4n) is 0.596.